The molecule has 3 N–H and O–H groups in total. The van der Waals surface area contributed by atoms with E-state index in [0.717, 1.165) is 30.0 Å². The van der Waals surface area contributed by atoms with Gasteiger partial charge in [-0.05, 0) is 54.3 Å². The van der Waals surface area contributed by atoms with Crippen LogP contribution in [-0.4, -0.2) is 30.8 Å². The number of hydrogen-bond acceptors (Lipinski definition) is 4. The number of rotatable bonds is 5. The first-order valence-corrected chi connectivity index (χ1v) is 9.14. The summed E-state index contributed by atoms with van der Waals surface area (Å²) in [5.41, 5.74) is 1.58. The predicted octanol–water partition coefficient (Wildman–Crippen LogP) is 3.38. The summed E-state index contributed by atoms with van der Waals surface area (Å²) in [6, 6.07) is 9.39. The van der Waals surface area contributed by atoms with Crippen LogP contribution in [0.2, 0.25) is 0 Å². The van der Waals surface area contributed by atoms with Gasteiger partial charge in [0.25, 0.3) is 0 Å². The standard InChI is InChI=1S/C18H23N3O2S/c1-18(23,14-8-11-24-12-14)13-19-17(22)20-15-6-2-3-7-16(15)21-9-4-5-10-21/h2-3,6-8,11-12,23H,4-5,9-10,13H2,1H3,(H2,19,20,22)/t18-/m1/s1. The lowest BCUT2D eigenvalue weighted by Gasteiger charge is -2.24. The highest BCUT2D eigenvalue weighted by Crippen LogP contribution is 2.28. The van der Waals surface area contributed by atoms with Crippen LogP contribution in [-0.2, 0) is 5.60 Å². The highest BCUT2D eigenvalue weighted by molar-refractivity contribution is 7.08. The molecule has 3 rings (SSSR count). The minimum absolute atomic E-state index is 0.154. The molecule has 0 aliphatic carbocycles. The van der Waals surface area contributed by atoms with E-state index in [2.05, 4.69) is 15.5 Å². The van der Waals surface area contributed by atoms with Crippen molar-refractivity contribution in [1.29, 1.82) is 0 Å². The first-order chi connectivity index (χ1) is 11.6. The second-order valence-corrected chi connectivity index (χ2v) is 7.08. The Bertz CT molecular complexity index is 679. The maximum atomic E-state index is 12.2. The van der Waals surface area contributed by atoms with E-state index in [4.69, 9.17) is 0 Å². The van der Waals surface area contributed by atoms with Gasteiger partial charge in [0.05, 0.1) is 17.9 Å². The smallest absolute Gasteiger partial charge is 0.319 e. The Morgan fingerprint density at radius 2 is 2.04 bits per heavy atom. The van der Waals surface area contributed by atoms with Crippen LogP contribution >= 0.6 is 11.3 Å². The lowest BCUT2D eigenvalue weighted by molar-refractivity contribution is 0.0604. The monoisotopic (exact) mass is 345 g/mol. The van der Waals surface area contributed by atoms with E-state index in [1.807, 2.05) is 41.1 Å². The lowest BCUT2D eigenvalue weighted by atomic mass is 9.99. The van der Waals surface area contributed by atoms with Crippen molar-refractivity contribution in [2.24, 2.45) is 0 Å². The minimum atomic E-state index is -1.08. The summed E-state index contributed by atoms with van der Waals surface area (Å²) in [6.45, 7) is 3.90. The number of hydrogen-bond donors (Lipinski definition) is 3. The Kier molecular flexibility index (Phi) is 5.06. The molecule has 6 heteroatoms. The fourth-order valence-corrected chi connectivity index (χ4v) is 3.69. The van der Waals surface area contributed by atoms with Gasteiger partial charge in [0.2, 0.25) is 0 Å². The van der Waals surface area contributed by atoms with Gasteiger partial charge >= 0.3 is 6.03 Å². The van der Waals surface area contributed by atoms with Gasteiger partial charge in [-0.15, -0.1) is 0 Å². The number of aliphatic hydroxyl groups is 1. The minimum Gasteiger partial charge on any atom is -0.384 e. The van der Waals surface area contributed by atoms with Gasteiger partial charge in [-0.25, -0.2) is 4.79 Å². The molecule has 5 nitrogen and oxygen atoms in total. The third kappa shape index (κ3) is 3.88. The Morgan fingerprint density at radius 1 is 1.29 bits per heavy atom. The van der Waals surface area contributed by atoms with Crippen molar-refractivity contribution in [2.45, 2.75) is 25.4 Å². The number of anilines is 2. The van der Waals surface area contributed by atoms with Gasteiger partial charge in [-0.2, -0.15) is 11.3 Å². The van der Waals surface area contributed by atoms with Crippen LogP contribution < -0.4 is 15.5 Å². The van der Waals surface area contributed by atoms with Gasteiger partial charge in [0, 0.05) is 13.1 Å². The van der Waals surface area contributed by atoms with Crippen LogP contribution in [0.25, 0.3) is 0 Å². The number of carbonyl (C=O) groups is 1. The molecular weight excluding hydrogens is 322 g/mol. The van der Waals surface area contributed by atoms with Crippen molar-refractivity contribution in [3.05, 3.63) is 46.7 Å². The van der Waals surface area contributed by atoms with Crippen molar-refractivity contribution in [2.75, 3.05) is 29.9 Å². The third-order valence-corrected chi connectivity index (χ3v) is 5.02. The molecule has 2 amide bonds. The van der Waals surface area contributed by atoms with Gasteiger partial charge in [0.1, 0.15) is 5.60 Å². The topological polar surface area (TPSA) is 64.6 Å². The molecule has 1 aromatic carbocycles. The maximum Gasteiger partial charge on any atom is 0.319 e. The predicted molar refractivity (Wildman–Crippen MR) is 98.8 cm³/mol. The molecule has 0 saturated carbocycles. The van der Waals surface area contributed by atoms with Crippen molar-refractivity contribution >= 4 is 28.7 Å². The molecule has 1 atom stereocenters. The summed E-state index contributed by atoms with van der Waals surface area (Å²) in [5.74, 6) is 0. The largest absolute Gasteiger partial charge is 0.384 e. The van der Waals surface area contributed by atoms with Crippen molar-refractivity contribution in [3.63, 3.8) is 0 Å². The zero-order valence-electron chi connectivity index (χ0n) is 13.8. The highest BCUT2D eigenvalue weighted by Gasteiger charge is 2.24. The Labute approximate surface area is 146 Å². The molecule has 0 unspecified atom stereocenters. The maximum absolute atomic E-state index is 12.2. The molecule has 2 heterocycles. The average molecular weight is 345 g/mol. The average Bonchev–Trinajstić information content (AvgIpc) is 3.27. The van der Waals surface area contributed by atoms with Crippen LogP contribution in [0.15, 0.2) is 41.1 Å². The van der Waals surface area contributed by atoms with Crippen LogP contribution in [0.5, 0.6) is 0 Å². The fourth-order valence-electron chi connectivity index (χ4n) is 2.91. The molecule has 0 radical (unpaired) electrons. The van der Waals surface area contributed by atoms with E-state index in [0.29, 0.717) is 0 Å². The summed E-state index contributed by atoms with van der Waals surface area (Å²) >= 11 is 1.53. The molecule has 1 saturated heterocycles. The van der Waals surface area contributed by atoms with Gasteiger partial charge in [0.15, 0.2) is 0 Å². The molecule has 1 fully saturated rings. The van der Waals surface area contributed by atoms with Crippen LogP contribution in [0.3, 0.4) is 0 Å². The van der Waals surface area contributed by atoms with E-state index >= 15 is 0 Å². The third-order valence-electron chi connectivity index (χ3n) is 4.34. The molecule has 1 aromatic heterocycles. The second-order valence-electron chi connectivity index (χ2n) is 6.30. The molecule has 0 bridgehead atoms. The number of carbonyl (C=O) groups excluding carboxylic acids is 1. The van der Waals surface area contributed by atoms with E-state index in [9.17, 15) is 9.90 Å². The normalized spacial score (nSPS) is 16.7. The lowest BCUT2D eigenvalue weighted by Crippen LogP contribution is -2.40. The molecular formula is C18H23N3O2S. The number of urea groups is 1. The Morgan fingerprint density at radius 3 is 2.75 bits per heavy atom. The van der Waals surface area contributed by atoms with E-state index in [1.54, 1.807) is 6.92 Å². The number of para-hydroxylation sites is 2. The van der Waals surface area contributed by atoms with Crippen molar-refractivity contribution < 1.29 is 9.90 Å². The highest BCUT2D eigenvalue weighted by atomic mass is 32.1. The van der Waals surface area contributed by atoms with E-state index in [1.165, 1.54) is 24.2 Å². The fraction of sp³-hybridized carbons (Fsp3) is 0.389. The Hall–Kier alpha value is -2.05. The first kappa shape index (κ1) is 16.8. The molecule has 0 spiro atoms. The summed E-state index contributed by atoms with van der Waals surface area (Å²) < 4.78 is 0. The zero-order chi connectivity index (χ0) is 17.0. The SMILES string of the molecule is C[C@@](O)(CNC(=O)Nc1ccccc1N1CCCC1)c1ccsc1. The number of nitrogens with zero attached hydrogens (tertiary/aromatic N) is 1. The second kappa shape index (κ2) is 7.23. The summed E-state index contributed by atoms with van der Waals surface area (Å²) in [7, 11) is 0. The number of thiophene rings is 1. The first-order valence-electron chi connectivity index (χ1n) is 8.20. The van der Waals surface area contributed by atoms with Crippen LogP contribution in [0, 0.1) is 0 Å². The van der Waals surface area contributed by atoms with E-state index < -0.39 is 5.60 Å². The quantitative estimate of drug-likeness (QED) is 0.778. The van der Waals surface area contributed by atoms with Crippen LogP contribution in [0.1, 0.15) is 25.3 Å². The molecule has 2 aromatic rings. The summed E-state index contributed by atoms with van der Waals surface area (Å²) in [4.78, 5) is 14.5. The van der Waals surface area contributed by atoms with Gasteiger partial charge < -0.3 is 20.6 Å². The molecule has 1 aliphatic heterocycles. The summed E-state index contributed by atoms with van der Waals surface area (Å²) in [5, 5.41) is 19.9. The molecule has 24 heavy (non-hydrogen) atoms. The Balaban J connectivity index is 1.61. The molecule has 128 valence electrons. The number of amides is 2. The molecule has 1 aliphatic rings. The van der Waals surface area contributed by atoms with Crippen molar-refractivity contribution in [3.8, 4) is 0 Å². The number of nitrogens with one attached hydrogen (secondary N) is 2. The van der Waals surface area contributed by atoms with Gasteiger partial charge in [-0.3, -0.25) is 0 Å². The summed E-state index contributed by atoms with van der Waals surface area (Å²) in [6.07, 6.45) is 2.37. The number of benzene rings is 1. The van der Waals surface area contributed by atoms with Gasteiger partial charge in [-0.1, -0.05) is 12.1 Å². The van der Waals surface area contributed by atoms with E-state index in [-0.39, 0.29) is 12.6 Å². The van der Waals surface area contributed by atoms with Crippen molar-refractivity contribution in [1.82, 2.24) is 5.32 Å². The van der Waals surface area contributed by atoms with Crippen LogP contribution in [0.4, 0.5) is 16.2 Å². The zero-order valence-corrected chi connectivity index (χ0v) is 14.6.